The predicted octanol–water partition coefficient (Wildman–Crippen LogP) is 0.932. The van der Waals surface area contributed by atoms with Crippen molar-refractivity contribution in [3.8, 4) is 0 Å². The topological polar surface area (TPSA) is 66.4 Å². The van der Waals surface area contributed by atoms with Crippen molar-refractivity contribution in [2.45, 2.75) is 33.2 Å². The number of nitrogens with one attached hydrogen (secondary N) is 1. The van der Waals surface area contributed by atoms with E-state index in [9.17, 15) is 9.59 Å². The molecule has 1 aliphatic heterocycles. The van der Waals surface area contributed by atoms with Crippen LogP contribution in [0.5, 0.6) is 0 Å². The molecule has 78 valence electrons. The van der Waals surface area contributed by atoms with Gasteiger partial charge in [0, 0.05) is 0 Å². The summed E-state index contributed by atoms with van der Waals surface area (Å²) in [7, 11) is 0. The van der Waals surface area contributed by atoms with E-state index in [0.29, 0.717) is 0 Å². The van der Waals surface area contributed by atoms with Crippen molar-refractivity contribution in [1.82, 2.24) is 5.32 Å². The number of aliphatic hydroxyl groups is 1. The Morgan fingerprint density at radius 2 is 2.14 bits per heavy atom. The second-order valence-electron chi connectivity index (χ2n) is 3.66. The molecule has 0 spiro atoms. The van der Waals surface area contributed by atoms with E-state index in [4.69, 9.17) is 5.11 Å². The quantitative estimate of drug-likeness (QED) is 0.393. The number of hydrogen-bond acceptors (Lipinski definition) is 3. The number of carbonyl (C=O) groups excluding carboxylic acids is 2. The van der Waals surface area contributed by atoms with E-state index in [0.717, 1.165) is 6.42 Å². The first-order valence-electron chi connectivity index (χ1n) is 4.74. The van der Waals surface area contributed by atoms with Crippen LogP contribution in [0.2, 0.25) is 0 Å². The smallest absolute Gasteiger partial charge is 0.259 e. The highest BCUT2D eigenvalue weighted by molar-refractivity contribution is 6.26. The first-order valence-corrected chi connectivity index (χ1v) is 4.74. The van der Waals surface area contributed by atoms with Gasteiger partial charge in [0.05, 0.1) is 6.04 Å². The lowest BCUT2D eigenvalue weighted by Gasteiger charge is -2.14. The molecule has 4 nitrogen and oxygen atoms in total. The maximum Gasteiger partial charge on any atom is 0.259 e. The SMILES string of the molecule is CC[C@H](C)[C@@H]1NC(=O)/C(=C(/C)O)C1=O. The van der Waals surface area contributed by atoms with Crippen LogP contribution in [0.4, 0.5) is 0 Å². The average Bonchev–Trinajstić information content (AvgIpc) is 2.40. The number of amides is 1. The van der Waals surface area contributed by atoms with E-state index in [-0.39, 0.29) is 23.0 Å². The Kier molecular flexibility index (Phi) is 2.93. The summed E-state index contributed by atoms with van der Waals surface area (Å²) in [4.78, 5) is 23.0. The van der Waals surface area contributed by atoms with Crippen molar-refractivity contribution in [3.63, 3.8) is 0 Å². The average molecular weight is 197 g/mol. The van der Waals surface area contributed by atoms with Gasteiger partial charge in [0.15, 0.2) is 5.78 Å². The van der Waals surface area contributed by atoms with Gasteiger partial charge in [-0.05, 0) is 12.8 Å². The molecule has 1 rings (SSSR count). The highest BCUT2D eigenvalue weighted by Crippen LogP contribution is 2.20. The molecule has 0 unspecified atom stereocenters. The van der Waals surface area contributed by atoms with E-state index in [1.807, 2.05) is 13.8 Å². The summed E-state index contributed by atoms with van der Waals surface area (Å²) < 4.78 is 0. The van der Waals surface area contributed by atoms with Crippen LogP contribution >= 0.6 is 0 Å². The zero-order chi connectivity index (χ0) is 10.9. The molecule has 2 N–H and O–H groups in total. The van der Waals surface area contributed by atoms with Gasteiger partial charge in [-0.15, -0.1) is 0 Å². The Morgan fingerprint density at radius 3 is 2.50 bits per heavy atom. The molecule has 4 heteroatoms. The Labute approximate surface area is 83.0 Å². The number of carbonyl (C=O) groups is 2. The molecular weight excluding hydrogens is 182 g/mol. The van der Waals surface area contributed by atoms with Gasteiger partial charge in [-0.25, -0.2) is 0 Å². The Hall–Kier alpha value is -1.32. The number of ketones is 1. The summed E-state index contributed by atoms with van der Waals surface area (Å²) >= 11 is 0. The molecular formula is C10H15NO3. The minimum absolute atomic E-state index is 0.0877. The largest absolute Gasteiger partial charge is 0.512 e. The van der Waals surface area contributed by atoms with Gasteiger partial charge in [0.1, 0.15) is 11.3 Å². The molecule has 0 aromatic heterocycles. The molecule has 1 heterocycles. The standard InChI is InChI=1S/C10H15NO3/c1-4-5(2)8-9(13)7(6(3)12)10(14)11-8/h5,8,12H,4H2,1-3H3,(H,11,14)/b7-6-/t5-,8-/m0/s1. The van der Waals surface area contributed by atoms with Crippen LogP contribution in [0, 0.1) is 5.92 Å². The fourth-order valence-electron chi connectivity index (χ4n) is 1.53. The van der Waals surface area contributed by atoms with Gasteiger partial charge in [0.25, 0.3) is 5.91 Å². The van der Waals surface area contributed by atoms with Crippen LogP contribution in [-0.2, 0) is 9.59 Å². The van der Waals surface area contributed by atoms with E-state index in [1.54, 1.807) is 0 Å². The van der Waals surface area contributed by atoms with E-state index >= 15 is 0 Å². The third-order valence-corrected chi connectivity index (χ3v) is 2.62. The summed E-state index contributed by atoms with van der Waals surface area (Å²) in [5, 5.41) is 11.7. The zero-order valence-electron chi connectivity index (χ0n) is 8.63. The Balaban J connectivity index is 2.97. The van der Waals surface area contributed by atoms with Crippen molar-refractivity contribution in [2.75, 3.05) is 0 Å². The van der Waals surface area contributed by atoms with Crippen LogP contribution in [0.15, 0.2) is 11.3 Å². The number of hydrogen-bond donors (Lipinski definition) is 2. The van der Waals surface area contributed by atoms with Crippen LogP contribution < -0.4 is 5.32 Å². The maximum atomic E-state index is 11.7. The summed E-state index contributed by atoms with van der Waals surface area (Å²) in [5.74, 6) is -0.841. The second-order valence-corrected chi connectivity index (χ2v) is 3.66. The second kappa shape index (κ2) is 3.82. The summed E-state index contributed by atoms with van der Waals surface area (Å²) in [6, 6.07) is -0.468. The van der Waals surface area contributed by atoms with E-state index < -0.39 is 11.9 Å². The Morgan fingerprint density at radius 1 is 1.57 bits per heavy atom. The third kappa shape index (κ3) is 1.64. The van der Waals surface area contributed by atoms with Gasteiger partial charge in [-0.1, -0.05) is 20.3 Å². The first-order chi connectivity index (χ1) is 6.49. The van der Waals surface area contributed by atoms with Crippen molar-refractivity contribution >= 4 is 11.7 Å². The van der Waals surface area contributed by atoms with Crippen LogP contribution in [0.25, 0.3) is 0 Å². The minimum Gasteiger partial charge on any atom is -0.512 e. The Bertz CT molecular complexity index is 302. The zero-order valence-corrected chi connectivity index (χ0v) is 8.63. The van der Waals surface area contributed by atoms with E-state index in [1.165, 1.54) is 6.92 Å². The fourth-order valence-corrected chi connectivity index (χ4v) is 1.53. The van der Waals surface area contributed by atoms with Gasteiger partial charge in [0.2, 0.25) is 0 Å². The summed E-state index contributed by atoms with van der Waals surface area (Å²) in [5.41, 5.74) is -0.0877. The molecule has 0 saturated carbocycles. The summed E-state index contributed by atoms with van der Waals surface area (Å²) in [6.07, 6.45) is 0.814. The van der Waals surface area contributed by atoms with Crippen molar-refractivity contribution in [3.05, 3.63) is 11.3 Å². The van der Waals surface area contributed by atoms with Crippen LogP contribution in [0.3, 0.4) is 0 Å². The molecule has 1 amide bonds. The van der Waals surface area contributed by atoms with Crippen LogP contribution in [0.1, 0.15) is 27.2 Å². The normalized spacial score (nSPS) is 27.5. The van der Waals surface area contributed by atoms with E-state index in [2.05, 4.69) is 5.32 Å². The molecule has 1 fully saturated rings. The van der Waals surface area contributed by atoms with Crippen molar-refractivity contribution in [2.24, 2.45) is 5.92 Å². The molecule has 14 heavy (non-hydrogen) atoms. The lowest BCUT2D eigenvalue weighted by molar-refractivity contribution is -0.117. The fraction of sp³-hybridized carbons (Fsp3) is 0.600. The number of Topliss-reactive ketones (excluding diaryl/α,β-unsaturated/α-hetero) is 1. The number of allylic oxidation sites excluding steroid dienone is 1. The molecule has 0 radical (unpaired) electrons. The molecule has 1 saturated heterocycles. The molecule has 0 bridgehead atoms. The summed E-state index contributed by atoms with van der Waals surface area (Å²) in [6.45, 7) is 5.21. The van der Waals surface area contributed by atoms with Crippen molar-refractivity contribution < 1.29 is 14.7 Å². The lowest BCUT2D eigenvalue weighted by atomic mass is 9.95. The number of rotatable bonds is 2. The van der Waals surface area contributed by atoms with Gasteiger partial charge < -0.3 is 10.4 Å². The van der Waals surface area contributed by atoms with Crippen LogP contribution in [-0.4, -0.2) is 22.8 Å². The van der Waals surface area contributed by atoms with Gasteiger partial charge >= 0.3 is 0 Å². The highest BCUT2D eigenvalue weighted by Gasteiger charge is 2.39. The molecule has 2 atom stereocenters. The molecule has 0 aromatic carbocycles. The predicted molar refractivity (Wildman–Crippen MR) is 51.7 cm³/mol. The van der Waals surface area contributed by atoms with Gasteiger partial charge in [-0.2, -0.15) is 0 Å². The monoisotopic (exact) mass is 197 g/mol. The molecule has 0 aromatic rings. The molecule has 1 aliphatic rings. The third-order valence-electron chi connectivity index (χ3n) is 2.62. The minimum atomic E-state index is -0.468. The maximum absolute atomic E-state index is 11.7. The lowest BCUT2D eigenvalue weighted by Crippen LogP contribution is -2.35. The van der Waals surface area contributed by atoms with Gasteiger partial charge in [-0.3, -0.25) is 9.59 Å². The number of aliphatic hydroxyl groups excluding tert-OH is 1. The first kappa shape index (κ1) is 10.8. The molecule has 0 aliphatic carbocycles. The van der Waals surface area contributed by atoms with Crippen molar-refractivity contribution in [1.29, 1.82) is 0 Å². The highest BCUT2D eigenvalue weighted by atomic mass is 16.3.